The molecule has 0 fully saturated rings. The third-order valence-electron chi connectivity index (χ3n) is 7.11. The predicted molar refractivity (Wildman–Crippen MR) is 158 cm³/mol. The molecule has 206 valence electrons. The number of ether oxygens (including phenoxy) is 1. The van der Waals surface area contributed by atoms with E-state index in [-0.39, 0.29) is 5.56 Å². The number of benzene rings is 4. The lowest BCUT2D eigenvalue weighted by Gasteiger charge is -2.13. The normalized spacial score (nSPS) is 11.4. The molecule has 7 rings (SSSR count). The molecule has 0 unspecified atom stereocenters. The van der Waals surface area contributed by atoms with Crippen LogP contribution >= 0.6 is 0 Å². The van der Waals surface area contributed by atoms with E-state index < -0.39 is 0 Å². The average molecular weight is 556 g/mol. The number of aromatic nitrogens is 5. The molecule has 0 bridgehead atoms. The SMILES string of the molecule is Cc1nc(-c2cccc(COc3ccc4ccc(=O)n(Cc5ccc6ccc(-c7noc(C)n7)cc6c5)c4c3)c2)no1. The summed E-state index contributed by atoms with van der Waals surface area (Å²) < 4.78 is 18.2. The molecule has 0 atom stereocenters. The van der Waals surface area contributed by atoms with E-state index >= 15 is 0 Å². The molecule has 0 spiro atoms. The Morgan fingerprint density at radius 2 is 1.40 bits per heavy atom. The maximum atomic E-state index is 13.1. The van der Waals surface area contributed by atoms with Gasteiger partial charge in [-0.05, 0) is 63.7 Å². The lowest BCUT2D eigenvalue weighted by Crippen LogP contribution is -2.20. The fourth-order valence-electron chi connectivity index (χ4n) is 5.04. The van der Waals surface area contributed by atoms with Crippen molar-refractivity contribution >= 4 is 21.7 Å². The Morgan fingerprint density at radius 3 is 2.17 bits per heavy atom. The molecule has 0 N–H and O–H groups in total. The Kier molecular flexibility index (Phi) is 6.31. The minimum Gasteiger partial charge on any atom is -0.489 e. The van der Waals surface area contributed by atoms with Gasteiger partial charge in [-0.25, -0.2) is 0 Å². The maximum absolute atomic E-state index is 13.1. The van der Waals surface area contributed by atoms with Crippen molar-refractivity contribution in [2.24, 2.45) is 0 Å². The molecule has 0 aliphatic heterocycles. The molecule has 0 aliphatic rings. The first kappa shape index (κ1) is 25.4. The van der Waals surface area contributed by atoms with Gasteiger partial charge in [-0.3, -0.25) is 4.79 Å². The molecular formula is C33H25N5O4. The van der Waals surface area contributed by atoms with E-state index in [0.29, 0.717) is 42.3 Å². The van der Waals surface area contributed by atoms with Gasteiger partial charge in [0.15, 0.2) is 0 Å². The number of aryl methyl sites for hydroxylation is 2. The lowest BCUT2D eigenvalue weighted by molar-refractivity contribution is 0.306. The van der Waals surface area contributed by atoms with E-state index in [0.717, 1.165) is 43.9 Å². The Morgan fingerprint density at radius 1 is 0.690 bits per heavy atom. The van der Waals surface area contributed by atoms with Crippen molar-refractivity contribution in [2.45, 2.75) is 27.0 Å². The number of hydrogen-bond donors (Lipinski definition) is 0. The zero-order valence-electron chi connectivity index (χ0n) is 22.9. The molecule has 7 aromatic rings. The second-order valence-electron chi connectivity index (χ2n) is 10.1. The van der Waals surface area contributed by atoms with Crippen LogP contribution in [0.15, 0.2) is 105 Å². The quantitative estimate of drug-likeness (QED) is 0.219. The zero-order chi connectivity index (χ0) is 28.6. The van der Waals surface area contributed by atoms with Gasteiger partial charge < -0.3 is 18.4 Å². The zero-order valence-corrected chi connectivity index (χ0v) is 22.9. The summed E-state index contributed by atoms with van der Waals surface area (Å²) in [6, 6.07) is 29.3. The van der Waals surface area contributed by atoms with Crippen LogP contribution in [0.4, 0.5) is 0 Å². The molecule has 9 nitrogen and oxygen atoms in total. The van der Waals surface area contributed by atoms with Crippen molar-refractivity contribution < 1.29 is 13.8 Å². The van der Waals surface area contributed by atoms with Crippen molar-refractivity contribution in [1.82, 2.24) is 24.8 Å². The smallest absolute Gasteiger partial charge is 0.251 e. The van der Waals surface area contributed by atoms with Crippen LogP contribution in [-0.2, 0) is 13.2 Å². The molecule has 0 radical (unpaired) electrons. The van der Waals surface area contributed by atoms with E-state index in [2.05, 4.69) is 32.4 Å². The van der Waals surface area contributed by atoms with Crippen LogP contribution in [0.3, 0.4) is 0 Å². The first-order valence-corrected chi connectivity index (χ1v) is 13.5. The predicted octanol–water partition coefficient (Wildman–Crippen LogP) is 6.50. The number of fused-ring (bicyclic) bond motifs is 2. The maximum Gasteiger partial charge on any atom is 0.251 e. The Balaban J connectivity index is 1.16. The topological polar surface area (TPSA) is 109 Å². The van der Waals surface area contributed by atoms with E-state index in [9.17, 15) is 4.79 Å². The molecule has 3 heterocycles. The summed E-state index contributed by atoms with van der Waals surface area (Å²) in [6.45, 7) is 4.29. The summed E-state index contributed by atoms with van der Waals surface area (Å²) in [5.74, 6) is 2.79. The van der Waals surface area contributed by atoms with Gasteiger partial charge in [-0.1, -0.05) is 52.8 Å². The number of rotatable bonds is 7. The summed E-state index contributed by atoms with van der Waals surface area (Å²) in [5.41, 5.74) is 4.41. The molecule has 0 saturated heterocycles. The highest BCUT2D eigenvalue weighted by Crippen LogP contribution is 2.26. The van der Waals surface area contributed by atoms with Crippen molar-refractivity contribution in [3.63, 3.8) is 0 Å². The summed E-state index contributed by atoms with van der Waals surface area (Å²) >= 11 is 0. The summed E-state index contributed by atoms with van der Waals surface area (Å²) in [5, 5.41) is 11.1. The van der Waals surface area contributed by atoms with Gasteiger partial charge in [0.05, 0.1) is 12.1 Å². The van der Waals surface area contributed by atoms with E-state index in [1.807, 2.05) is 72.8 Å². The lowest BCUT2D eigenvalue weighted by atomic mass is 10.0. The van der Waals surface area contributed by atoms with Crippen molar-refractivity contribution in [3.8, 4) is 28.5 Å². The third kappa shape index (κ3) is 5.03. The average Bonchev–Trinajstić information content (AvgIpc) is 3.65. The minimum absolute atomic E-state index is 0.0844. The van der Waals surface area contributed by atoms with Crippen LogP contribution in [0.5, 0.6) is 5.75 Å². The molecule has 42 heavy (non-hydrogen) atoms. The van der Waals surface area contributed by atoms with Gasteiger partial charge in [0.25, 0.3) is 5.56 Å². The summed E-state index contributed by atoms with van der Waals surface area (Å²) in [7, 11) is 0. The third-order valence-corrected chi connectivity index (χ3v) is 7.11. The fourth-order valence-corrected chi connectivity index (χ4v) is 5.04. The van der Waals surface area contributed by atoms with Gasteiger partial charge in [0.1, 0.15) is 12.4 Å². The van der Waals surface area contributed by atoms with Gasteiger partial charge in [-0.15, -0.1) is 0 Å². The van der Waals surface area contributed by atoms with Gasteiger partial charge in [-0.2, -0.15) is 9.97 Å². The van der Waals surface area contributed by atoms with E-state index in [1.54, 1.807) is 24.5 Å². The monoisotopic (exact) mass is 555 g/mol. The van der Waals surface area contributed by atoms with Crippen molar-refractivity contribution in [1.29, 1.82) is 0 Å². The number of nitrogens with zero attached hydrogens (tertiary/aromatic N) is 5. The highest BCUT2D eigenvalue weighted by Gasteiger charge is 2.11. The van der Waals surface area contributed by atoms with E-state index in [1.165, 1.54) is 0 Å². The van der Waals surface area contributed by atoms with Crippen LogP contribution in [-0.4, -0.2) is 24.8 Å². The molecule has 4 aromatic carbocycles. The Bertz CT molecular complexity index is 2140. The summed E-state index contributed by atoms with van der Waals surface area (Å²) in [4.78, 5) is 21.7. The number of pyridine rings is 1. The molecule has 9 heteroatoms. The molecule has 3 aromatic heterocycles. The van der Waals surface area contributed by atoms with Crippen LogP contribution in [0.1, 0.15) is 22.9 Å². The molecule has 0 amide bonds. The van der Waals surface area contributed by atoms with Crippen LogP contribution in [0, 0.1) is 13.8 Å². The van der Waals surface area contributed by atoms with Crippen LogP contribution < -0.4 is 10.3 Å². The minimum atomic E-state index is -0.0844. The molecular weight excluding hydrogens is 530 g/mol. The Hall–Kier alpha value is -5.57. The first-order chi connectivity index (χ1) is 20.5. The largest absolute Gasteiger partial charge is 0.489 e. The number of hydrogen-bond acceptors (Lipinski definition) is 8. The van der Waals surface area contributed by atoms with Crippen molar-refractivity contribution in [3.05, 3.63) is 124 Å². The standard InChI is InChI=1S/C33H25N5O4/c1-20-34-32(36-41-20)26-5-3-4-23(15-26)19-40-29-12-10-25-11-13-31(39)38(30(25)17-29)18-22-6-7-24-8-9-27(16-28(24)14-22)33-35-21(2)42-37-33/h3-17H,18-19H2,1-2H3. The van der Waals surface area contributed by atoms with E-state index in [4.69, 9.17) is 13.8 Å². The first-order valence-electron chi connectivity index (χ1n) is 13.5. The second-order valence-corrected chi connectivity index (χ2v) is 10.1. The highest BCUT2D eigenvalue weighted by atomic mass is 16.5. The van der Waals surface area contributed by atoms with Gasteiger partial charge in [0.2, 0.25) is 23.4 Å². The molecule has 0 aliphatic carbocycles. The highest BCUT2D eigenvalue weighted by molar-refractivity contribution is 5.87. The van der Waals surface area contributed by atoms with Crippen LogP contribution in [0.2, 0.25) is 0 Å². The fraction of sp³-hybridized carbons (Fsp3) is 0.121. The van der Waals surface area contributed by atoms with Crippen LogP contribution in [0.25, 0.3) is 44.5 Å². The molecule has 0 saturated carbocycles. The summed E-state index contributed by atoms with van der Waals surface area (Å²) in [6.07, 6.45) is 0. The van der Waals surface area contributed by atoms with Gasteiger partial charge >= 0.3 is 0 Å². The van der Waals surface area contributed by atoms with Gasteiger partial charge in [0, 0.05) is 37.1 Å². The van der Waals surface area contributed by atoms with Crippen molar-refractivity contribution in [2.75, 3.05) is 0 Å². The Labute approximate surface area is 240 Å². The second kappa shape index (κ2) is 10.4.